The van der Waals surface area contributed by atoms with Crippen LogP contribution in [-0.4, -0.2) is 42.3 Å². The van der Waals surface area contributed by atoms with Gasteiger partial charge in [-0.05, 0) is 37.1 Å². The first-order valence-electron chi connectivity index (χ1n) is 8.93. The van der Waals surface area contributed by atoms with Gasteiger partial charge in [0.1, 0.15) is 6.17 Å². The predicted molar refractivity (Wildman–Crippen MR) is 105 cm³/mol. The summed E-state index contributed by atoms with van der Waals surface area (Å²) in [6.07, 6.45) is 1.39. The molecule has 0 aliphatic carbocycles. The number of anilines is 1. The number of methoxy groups -OCH3 is 1. The smallest absolute Gasteiger partial charge is 0.257 e. The van der Waals surface area contributed by atoms with Crippen molar-refractivity contribution in [3.63, 3.8) is 0 Å². The van der Waals surface area contributed by atoms with Gasteiger partial charge in [0.05, 0.1) is 18.8 Å². The normalized spacial score (nSPS) is 21.7. The third kappa shape index (κ3) is 3.37. The topological polar surface area (TPSA) is 71.0 Å². The van der Waals surface area contributed by atoms with Crippen LogP contribution in [0.1, 0.15) is 34.9 Å². The molecule has 2 aromatic rings. The summed E-state index contributed by atoms with van der Waals surface area (Å²) in [6, 6.07) is 10.9. The molecule has 1 saturated heterocycles. The number of nitrogens with zero attached hydrogens (tertiary/aromatic N) is 1. The van der Waals surface area contributed by atoms with E-state index >= 15 is 0 Å². The molecule has 2 aliphatic rings. The summed E-state index contributed by atoms with van der Waals surface area (Å²) in [4.78, 5) is 15.0. The summed E-state index contributed by atoms with van der Waals surface area (Å²) in [5.41, 5.74) is 1.93. The van der Waals surface area contributed by atoms with Gasteiger partial charge in [-0.25, -0.2) is 0 Å². The molecule has 1 amide bonds. The minimum absolute atomic E-state index is 0.000274. The number of benzene rings is 2. The molecule has 4 rings (SSSR count). The molecule has 1 fully saturated rings. The highest BCUT2D eigenvalue weighted by Gasteiger charge is 2.37. The first kappa shape index (κ1) is 18.1. The molecule has 0 bridgehead atoms. The van der Waals surface area contributed by atoms with Gasteiger partial charge in [-0.3, -0.25) is 4.79 Å². The number of hydrogen-bond acceptors (Lipinski definition) is 5. The average Bonchev–Trinajstić information content (AvgIpc) is 3.19. The van der Waals surface area contributed by atoms with E-state index in [4.69, 9.17) is 9.47 Å². The van der Waals surface area contributed by atoms with Crippen LogP contribution < -0.4 is 10.1 Å². The van der Waals surface area contributed by atoms with Gasteiger partial charge >= 0.3 is 0 Å². The molecule has 0 saturated carbocycles. The Hall–Kier alpha value is -2.25. The van der Waals surface area contributed by atoms with Crippen LogP contribution >= 0.6 is 15.9 Å². The summed E-state index contributed by atoms with van der Waals surface area (Å²) in [7, 11) is 1.50. The summed E-state index contributed by atoms with van der Waals surface area (Å²) >= 11 is 3.46. The maximum atomic E-state index is 13.2. The van der Waals surface area contributed by atoms with Crippen LogP contribution in [0.2, 0.25) is 0 Å². The van der Waals surface area contributed by atoms with Crippen LogP contribution in [-0.2, 0) is 4.74 Å². The largest absolute Gasteiger partial charge is 0.504 e. The predicted octanol–water partition coefficient (Wildman–Crippen LogP) is 3.91. The number of hydrogen-bond donors (Lipinski definition) is 2. The number of nitrogens with one attached hydrogen (secondary N) is 1. The minimum atomic E-state index is -0.525. The number of rotatable bonds is 4. The van der Waals surface area contributed by atoms with Crippen molar-refractivity contribution >= 4 is 27.5 Å². The Morgan fingerprint density at radius 1 is 1.37 bits per heavy atom. The second kappa shape index (κ2) is 7.40. The van der Waals surface area contributed by atoms with E-state index in [0.29, 0.717) is 23.4 Å². The number of halogens is 1. The second-order valence-corrected chi connectivity index (χ2v) is 7.65. The number of para-hydroxylation sites is 1. The molecule has 2 heterocycles. The van der Waals surface area contributed by atoms with E-state index in [0.717, 1.165) is 29.6 Å². The molecule has 0 aromatic heterocycles. The van der Waals surface area contributed by atoms with Gasteiger partial charge in [0.2, 0.25) is 0 Å². The van der Waals surface area contributed by atoms with Gasteiger partial charge < -0.3 is 24.8 Å². The zero-order chi connectivity index (χ0) is 19.0. The van der Waals surface area contributed by atoms with E-state index in [1.54, 1.807) is 17.0 Å². The molecular formula is C20H21BrN2O4. The van der Waals surface area contributed by atoms with Gasteiger partial charge in [-0.1, -0.05) is 28.1 Å². The van der Waals surface area contributed by atoms with E-state index in [1.807, 2.05) is 24.3 Å². The molecule has 2 aromatic carbocycles. The van der Waals surface area contributed by atoms with Crippen molar-refractivity contribution in [1.82, 2.24) is 4.90 Å². The van der Waals surface area contributed by atoms with Crippen molar-refractivity contribution in [2.75, 3.05) is 25.6 Å². The van der Waals surface area contributed by atoms with Crippen LogP contribution in [0.25, 0.3) is 0 Å². The lowest BCUT2D eigenvalue weighted by molar-refractivity contribution is 0.0424. The van der Waals surface area contributed by atoms with Crippen LogP contribution in [0.4, 0.5) is 5.69 Å². The Morgan fingerprint density at radius 2 is 2.19 bits per heavy atom. The Labute approximate surface area is 166 Å². The summed E-state index contributed by atoms with van der Waals surface area (Å²) < 4.78 is 11.8. The molecule has 2 N–H and O–H groups in total. The third-order valence-corrected chi connectivity index (χ3v) is 5.49. The van der Waals surface area contributed by atoms with Crippen LogP contribution in [0.5, 0.6) is 11.5 Å². The molecule has 142 valence electrons. The van der Waals surface area contributed by atoms with Crippen LogP contribution in [0, 0.1) is 0 Å². The lowest BCUT2D eigenvalue weighted by Gasteiger charge is -2.39. The number of carbonyl (C=O) groups is 1. The fourth-order valence-electron chi connectivity index (χ4n) is 3.69. The quantitative estimate of drug-likeness (QED) is 0.765. The number of aromatic hydroxyl groups is 1. The first-order valence-corrected chi connectivity index (χ1v) is 9.72. The van der Waals surface area contributed by atoms with E-state index in [2.05, 4.69) is 21.2 Å². The zero-order valence-corrected chi connectivity index (χ0v) is 16.5. The van der Waals surface area contributed by atoms with Crippen LogP contribution in [0.3, 0.4) is 0 Å². The summed E-state index contributed by atoms with van der Waals surface area (Å²) in [6.45, 7) is 1.18. The molecule has 6 nitrogen and oxygen atoms in total. The third-order valence-electron chi connectivity index (χ3n) is 5.03. The lowest BCUT2D eigenvalue weighted by Crippen LogP contribution is -2.46. The highest BCUT2D eigenvalue weighted by Crippen LogP contribution is 2.42. The molecular weight excluding hydrogens is 412 g/mol. The van der Waals surface area contributed by atoms with E-state index in [1.165, 1.54) is 7.11 Å². The standard InChI is InChI=1S/C20H21BrN2O4/c1-26-17-10-12(21)9-15(18(17)24)19-22-16-7-3-2-6-14(16)20(25)23(19)11-13-5-4-8-27-13/h2-3,6-7,9-10,13,19,22,24H,4-5,8,11H2,1H3/t13-,19-/m0/s1. The van der Waals surface area contributed by atoms with Gasteiger partial charge in [0.25, 0.3) is 5.91 Å². The average molecular weight is 433 g/mol. The summed E-state index contributed by atoms with van der Waals surface area (Å²) in [5.74, 6) is 0.287. The number of phenolic OH excluding ortho intramolecular Hbond substituents is 1. The maximum absolute atomic E-state index is 13.2. The molecule has 0 radical (unpaired) electrons. The zero-order valence-electron chi connectivity index (χ0n) is 14.9. The second-order valence-electron chi connectivity index (χ2n) is 6.73. The number of phenols is 1. The molecule has 7 heteroatoms. The minimum Gasteiger partial charge on any atom is -0.504 e. The van der Waals surface area contributed by atoms with Gasteiger partial charge in [0.15, 0.2) is 11.5 Å². The van der Waals surface area contributed by atoms with E-state index in [-0.39, 0.29) is 17.8 Å². The Bertz CT molecular complexity index is 867. The first-order chi connectivity index (χ1) is 13.1. The Balaban J connectivity index is 1.78. The van der Waals surface area contributed by atoms with Gasteiger partial charge in [0, 0.05) is 28.9 Å². The molecule has 0 spiro atoms. The van der Waals surface area contributed by atoms with Crippen molar-refractivity contribution in [2.45, 2.75) is 25.1 Å². The molecule has 27 heavy (non-hydrogen) atoms. The molecule has 2 aliphatic heterocycles. The van der Waals surface area contributed by atoms with Crippen molar-refractivity contribution in [3.8, 4) is 11.5 Å². The maximum Gasteiger partial charge on any atom is 0.257 e. The highest BCUT2D eigenvalue weighted by molar-refractivity contribution is 9.10. The van der Waals surface area contributed by atoms with Crippen molar-refractivity contribution in [2.24, 2.45) is 0 Å². The van der Waals surface area contributed by atoms with Crippen molar-refractivity contribution < 1.29 is 19.4 Å². The number of ether oxygens (including phenoxy) is 2. The number of carbonyl (C=O) groups excluding carboxylic acids is 1. The Morgan fingerprint density at radius 3 is 2.93 bits per heavy atom. The molecule has 2 atom stereocenters. The van der Waals surface area contributed by atoms with E-state index in [9.17, 15) is 9.90 Å². The Kier molecular flexibility index (Phi) is 4.97. The molecule has 0 unspecified atom stereocenters. The van der Waals surface area contributed by atoms with Crippen LogP contribution in [0.15, 0.2) is 40.9 Å². The SMILES string of the molecule is COc1cc(Br)cc([C@H]2Nc3ccccc3C(=O)N2C[C@@H]2CCCO2)c1O. The van der Waals surface area contributed by atoms with Gasteiger partial charge in [-0.2, -0.15) is 0 Å². The van der Waals surface area contributed by atoms with E-state index < -0.39 is 6.17 Å². The fraction of sp³-hybridized carbons (Fsp3) is 0.350. The fourth-order valence-corrected chi connectivity index (χ4v) is 4.15. The van der Waals surface area contributed by atoms with Crippen molar-refractivity contribution in [3.05, 3.63) is 52.0 Å². The van der Waals surface area contributed by atoms with Crippen molar-refractivity contribution in [1.29, 1.82) is 0 Å². The van der Waals surface area contributed by atoms with Gasteiger partial charge in [-0.15, -0.1) is 0 Å². The highest BCUT2D eigenvalue weighted by atomic mass is 79.9. The lowest BCUT2D eigenvalue weighted by atomic mass is 10.0. The number of fused-ring (bicyclic) bond motifs is 1. The monoisotopic (exact) mass is 432 g/mol. The summed E-state index contributed by atoms with van der Waals surface area (Å²) in [5, 5.41) is 14.1. The number of amides is 1.